The molecule has 10 heteroatoms. The second-order valence-electron chi connectivity index (χ2n) is 9.49. The summed E-state index contributed by atoms with van der Waals surface area (Å²) in [5, 5.41) is 23.6. The molecule has 8 nitrogen and oxygen atoms in total. The van der Waals surface area contributed by atoms with Crippen molar-refractivity contribution in [2.45, 2.75) is 43.9 Å². The fourth-order valence-electron chi connectivity index (χ4n) is 4.54. The van der Waals surface area contributed by atoms with Crippen LogP contribution in [0.25, 0.3) is 22.1 Å². The molecule has 3 N–H and O–H groups in total. The number of sulfone groups is 1. The normalized spacial score (nSPS) is 15.2. The SMILES string of the molecule is C.O=C(N[C@@H](CC1CC1)B(O)O)[C@H](Cc1ccccc1)CS(=O)(=O)c1ccc2oc3ncccc3c2c1. The van der Waals surface area contributed by atoms with E-state index in [0.717, 1.165) is 18.4 Å². The molecule has 0 bridgehead atoms. The first kappa shape index (κ1) is 26.8. The van der Waals surface area contributed by atoms with Crippen molar-refractivity contribution in [3.05, 3.63) is 72.4 Å². The van der Waals surface area contributed by atoms with Gasteiger partial charge in [0.25, 0.3) is 0 Å². The van der Waals surface area contributed by atoms with Gasteiger partial charge < -0.3 is 19.8 Å². The van der Waals surface area contributed by atoms with E-state index in [1.54, 1.807) is 24.4 Å². The van der Waals surface area contributed by atoms with E-state index in [9.17, 15) is 23.3 Å². The van der Waals surface area contributed by atoms with Crippen LogP contribution >= 0.6 is 0 Å². The largest absolute Gasteiger partial charge is 0.475 e. The number of nitrogens with one attached hydrogen (secondary N) is 1. The molecule has 1 amide bonds. The highest BCUT2D eigenvalue weighted by Crippen LogP contribution is 2.34. The zero-order valence-corrected chi connectivity index (χ0v) is 20.4. The van der Waals surface area contributed by atoms with Gasteiger partial charge in [0.2, 0.25) is 11.6 Å². The van der Waals surface area contributed by atoms with Crippen molar-refractivity contribution in [2.75, 3.05) is 5.75 Å². The number of benzene rings is 2. The zero-order chi connectivity index (χ0) is 25.3. The molecule has 2 atom stereocenters. The smallest absolute Gasteiger partial charge is 0.438 e. The number of carbonyl (C=O) groups excluding carboxylic acids is 1. The number of furan rings is 1. The molecule has 2 aromatic carbocycles. The topological polar surface area (TPSA) is 130 Å². The van der Waals surface area contributed by atoms with Gasteiger partial charge in [-0.3, -0.25) is 4.79 Å². The van der Waals surface area contributed by atoms with Crippen LogP contribution in [0.1, 0.15) is 32.3 Å². The van der Waals surface area contributed by atoms with Crippen molar-refractivity contribution in [2.24, 2.45) is 11.8 Å². The van der Waals surface area contributed by atoms with Crippen LogP contribution in [0, 0.1) is 11.8 Å². The summed E-state index contributed by atoms with van der Waals surface area (Å²) in [5.41, 5.74) is 1.77. The first-order valence-corrected chi connectivity index (χ1v) is 13.7. The molecule has 1 aliphatic rings. The van der Waals surface area contributed by atoms with Crippen LogP contribution in [-0.2, 0) is 21.1 Å². The Morgan fingerprint density at radius 3 is 2.54 bits per heavy atom. The summed E-state index contributed by atoms with van der Waals surface area (Å²) in [7, 11) is -5.59. The van der Waals surface area contributed by atoms with Gasteiger partial charge in [-0.2, -0.15) is 0 Å². The lowest BCUT2D eigenvalue weighted by molar-refractivity contribution is -0.124. The minimum atomic E-state index is -3.88. The Bertz CT molecular complexity index is 1480. The van der Waals surface area contributed by atoms with Crippen molar-refractivity contribution >= 4 is 44.9 Å². The van der Waals surface area contributed by atoms with Crippen LogP contribution in [0.2, 0.25) is 0 Å². The number of rotatable bonds is 10. The van der Waals surface area contributed by atoms with E-state index in [-0.39, 0.29) is 18.7 Å². The third-order valence-corrected chi connectivity index (χ3v) is 8.48. The monoisotopic (exact) mass is 522 g/mol. The fourth-order valence-corrected chi connectivity index (χ4v) is 6.10. The third-order valence-electron chi connectivity index (χ3n) is 6.67. The molecule has 0 radical (unpaired) electrons. The average Bonchev–Trinajstić information content (AvgIpc) is 3.61. The summed E-state index contributed by atoms with van der Waals surface area (Å²) in [6.07, 6.45) is 4.23. The molecule has 194 valence electrons. The number of aromatic nitrogens is 1. The van der Waals surface area contributed by atoms with Crippen LogP contribution < -0.4 is 5.32 Å². The number of carbonyl (C=O) groups is 1. The summed E-state index contributed by atoms with van der Waals surface area (Å²) in [4.78, 5) is 17.6. The molecule has 0 saturated heterocycles. The minimum Gasteiger partial charge on any atom is -0.438 e. The molecule has 2 aromatic heterocycles. The Labute approximate surface area is 216 Å². The van der Waals surface area contributed by atoms with Gasteiger partial charge in [0.15, 0.2) is 9.84 Å². The van der Waals surface area contributed by atoms with Crippen molar-refractivity contribution in [1.82, 2.24) is 10.3 Å². The molecule has 2 heterocycles. The number of amides is 1. The second-order valence-corrected chi connectivity index (χ2v) is 11.5. The average molecular weight is 522 g/mol. The third kappa shape index (κ3) is 6.21. The molecule has 1 saturated carbocycles. The number of hydrogen-bond donors (Lipinski definition) is 3. The van der Waals surface area contributed by atoms with Gasteiger partial charge in [0.05, 0.1) is 22.5 Å². The van der Waals surface area contributed by atoms with Gasteiger partial charge in [-0.15, -0.1) is 0 Å². The van der Waals surface area contributed by atoms with E-state index in [4.69, 9.17) is 4.42 Å². The zero-order valence-electron chi connectivity index (χ0n) is 19.6. The summed E-state index contributed by atoms with van der Waals surface area (Å²) in [6, 6.07) is 17.4. The Morgan fingerprint density at radius 2 is 1.84 bits per heavy atom. The van der Waals surface area contributed by atoms with Crippen LogP contribution in [0.15, 0.2) is 76.2 Å². The quantitative estimate of drug-likeness (QED) is 0.272. The number of pyridine rings is 1. The Morgan fingerprint density at radius 1 is 1.08 bits per heavy atom. The fraction of sp³-hybridized carbons (Fsp3) is 0.333. The first-order valence-electron chi connectivity index (χ1n) is 12.0. The first-order chi connectivity index (χ1) is 17.3. The second kappa shape index (κ2) is 11.0. The van der Waals surface area contributed by atoms with Crippen molar-refractivity contribution in [3.63, 3.8) is 0 Å². The van der Waals surface area contributed by atoms with Gasteiger partial charge in [-0.05, 0) is 54.7 Å². The van der Waals surface area contributed by atoms with Gasteiger partial charge >= 0.3 is 7.12 Å². The molecule has 1 fully saturated rings. The number of fused-ring (bicyclic) bond motifs is 3. The standard InChI is InChI=1S/C26H27BN2O6S.CH4/c30-25(29-24(27(31)32)14-18-8-9-18)19(13-17-5-2-1-3-6-17)16-36(33,34)20-10-11-23-22(15-20)21-7-4-12-28-26(21)35-23;/h1-7,10-12,15,18-19,24,31-32H,8-9,13-14,16H2,(H,29,30);1H4/t19-,24+;/m1./s1. The van der Waals surface area contributed by atoms with Gasteiger partial charge in [-0.25, -0.2) is 13.4 Å². The highest BCUT2D eigenvalue weighted by molar-refractivity contribution is 7.91. The van der Waals surface area contributed by atoms with Gasteiger partial charge in [0, 0.05) is 17.0 Å². The van der Waals surface area contributed by atoms with Crippen molar-refractivity contribution in [1.29, 1.82) is 0 Å². The lowest BCUT2D eigenvalue weighted by atomic mass is 9.76. The summed E-state index contributed by atoms with van der Waals surface area (Å²) >= 11 is 0. The lowest BCUT2D eigenvalue weighted by Gasteiger charge is -2.22. The molecule has 37 heavy (non-hydrogen) atoms. The van der Waals surface area contributed by atoms with Crippen LogP contribution in [0.3, 0.4) is 0 Å². The predicted molar refractivity (Wildman–Crippen MR) is 143 cm³/mol. The summed E-state index contributed by atoms with van der Waals surface area (Å²) in [6.45, 7) is 0. The number of hydrogen-bond acceptors (Lipinski definition) is 7. The molecule has 4 aromatic rings. The minimum absolute atomic E-state index is 0. The molecular weight excluding hydrogens is 491 g/mol. The Hall–Kier alpha value is -3.21. The number of nitrogens with zero attached hydrogens (tertiary/aromatic N) is 1. The summed E-state index contributed by atoms with van der Waals surface area (Å²) in [5.74, 6) is -2.35. The van der Waals surface area contributed by atoms with Gasteiger partial charge in [-0.1, -0.05) is 50.6 Å². The highest BCUT2D eigenvalue weighted by Gasteiger charge is 2.35. The van der Waals surface area contributed by atoms with Crippen molar-refractivity contribution in [3.8, 4) is 0 Å². The molecule has 5 rings (SSSR count). The molecule has 0 unspecified atom stereocenters. The summed E-state index contributed by atoms with van der Waals surface area (Å²) < 4.78 is 32.7. The lowest BCUT2D eigenvalue weighted by Crippen LogP contribution is -2.50. The van der Waals surface area contributed by atoms with E-state index in [1.807, 2.05) is 36.4 Å². The Balaban J connectivity index is 0.00000320. The molecule has 1 aliphatic carbocycles. The molecule has 0 aliphatic heterocycles. The highest BCUT2D eigenvalue weighted by atomic mass is 32.2. The van der Waals surface area contributed by atoms with Crippen molar-refractivity contribution < 1.29 is 27.7 Å². The maximum atomic E-state index is 13.5. The predicted octanol–water partition coefficient (Wildman–Crippen LogP) is 3.55. The maximum Gasteiger partial charge on any atom is 0.475 e. The Kier molecular flexibility index (Phi) is 8.01. The van der Waals surface area contributed by atoms with Gasteiger partial charge in [0.1, 0.15) is 5.58 Å². The van der Waals surface area contributed by atoms with Crippen LogP contribution in [0.4, 0.5) is 0 Å². The van der Waals surface area contributed by atoms with E-state index in [2.05, 4.69) is 10.3 Å². The van der Waals surface area contributed by atoms with E-state index >= 15 is 0 Å². The van der Waals surface area contributed by atoms with Crippen LogP contribution in [-0.4, -0.2) is 48.2 Å². The van der Waals surface area contributed by atoms with E-state index in [1.165, 1.54) is 6.07 Å². The molecular formula is C27H31BN2O6S. The van der Waals surface area contributed by atoms with E-state index < -0.39 is 40.5 Å². The van der Waals surface area contributed by atoms with E-state index in [0.29, 0.717) is 34.4 Å². The molecule has 0 spiro atoms. The van der Waals surface area contributed by atoms with Crippen LogP contribution in [0.5, 0.6) is 0 Å². The maximum absolute atomic E-state index is 13.5.